The van der Waals surface area contributed by atoms with Crippen LogP contribution in [0.3, 0.4) is 0 Å². The molecule has 0 atom stereocenters. The monoisotopic (exact) mass is 284 g/mol. The van der Waals surface area contributed by atoms with E-state index in [2.05, 4.69) is 15.1 Å². The van der Waals surface area contributed by atoms with Gasteiger partial charge in [0.15, 0.2) is 0 Å². The van der Waals surface area contributed by atoms with Crippen LogP contribution in [0.25, 0.3) is 17.2 Å². The van der Waals surface area contributed by atoms with Crippen molar-refractivity contribution in [3.05, 3.63) is 59.0 Å². The summed E-state index contributed by atoms with van der Waals surface area (Å²) in [4.78, 5) is 8.75. The summed E-state index contributed by atoms with van der Waals surface area (Å²) in [6, 6.07) is 13.6. The van der Waals surface area contributed by atoms with Gasteiger partial charge in [0.05, 0.1) is 5.69 Å². The Balaban J connectivity index is 2.09. The molecular weight excluding hydrogens is 272 g/mol. The van der Waals surface area contributed by atoms with E-state index >= 15 is 0 Å². The lowest BCUT2D eigenvalue weighted by Gasteiger charge is -2.03. The first-order valence-electron chi connectivity index (χ1n) is 6.27. The van der Waals surface area contributed by atoms with E-state index in [0.29, 0.717) is 11.1 Å². The Kier molecular flexibility index (Phi) is 3.24. The molecule has 4 nitrogen and oxygen atoms in total. The largest absolute Gasteiger partial charge is 0.252 e. The second-order valence-electron chi connectivity index (χ2n) is 4.58. The predicted octanol–water partition coefficient (Wildman–Crippen LogP) is 3.60. The molecule has 0 unspecified atom stereocenters. The van der Waals surface area contributed by atoms with Crippen LogP contribution in [0.5, 0.6) is 0 Å². The summed E-state index contributed by atoms with van der Waals surface area (Å²) < 4.78 is 1.56. The molecule has 3 rings (SSSR count). The first-order chi connectivity index (χ1) is 9.63. The molecule has 3 aromatic rings. The van der Waals surface area contributed by atoms with Crippen LogP contribution in [-0.4, -0.2) is 19.7 Å². The van der Waals surface area contributed by atoms with E-state index in [-0.39, 0.29) is 0 Å². The number of halogens is 1. The van der Waals surface area contributed by atoms with E-state index in [1.807, 2.05) is 56.3 Å². The highest BCUT2D eigenvalue weighted by Gasteiger charge is 2.12. The molecule has 2 aromatic heterocycles. The smallest absolute Gasteiger partial charge is 0.216 e. The van der Waals surface area contributed by atoms with E-state index in [9.17, 15) is 0 Å². The summed E-state index contributed by atoms with van der Waals surface area (Å²) in [5.41, 5.74) is 3.59. The maximum atomic E-state index is 6.25. The second kappa shape index (κ2) is 5.06. The molecule has 0 spiro atoms. The van der Waals surface area contributed by atoms with E-state index in [0.717, 1.165) is 22.6 Å². The Bertz CT molecular complexity index is 730. The van der Waals surface area contributed by atoms with Gasteiger partial charge in [-0.25, -0.2) is 9.97 Å². The Morgan fingerprint density at radius 1 is 0.950 bits per heavy atom. The van der Waals surface area contributed by atoms with Crippen molar-refractivity contribution in [1.29, 1.82) is 0 Å². The van der Waals surface area contributed by atoms with Crippen LogP contribution >= 0.6 is 11.6 Å². The van der Waals surface area contributed by atoms with E-state index in [1.165, 1.54) is 0 Å². The quantitative estimate of drug-likeness (QED) is 0.722. The number of rotatable bonds is 2. The van der Waals surface area contributed by atoms with Crippen molar-refractivity contribution >= 4 is 11.6 Å². The number of benzene rings is 1. The number of aryl methyl sites for hydroxylation is 2. The average Bonchev–Trinajstić information content (AvgIpc) is 2.81. The highest BCUT2D eigenvalue weighted by atomic mass is 35.5. The fourth-order valence-corrected chi connectivity index (χ4v) is 2.27. The molecule has 5 heteroatoms. The maximum absolute atomic E-state index is 6.25. The van der Waals surface area contributed by atoms with Crippen molar-refractivity contribution in [3.8, 4) is 17.2 Å². The Hall–Kier alpha value is -2.20. The normalized spacial score (nSPS) is 10.8. The predicted molar refractivity (Wildman–Crippen MR) is 79.1 cm³/mol. The molecule has 0 aliphatic rings. The average molecular weight is 285 g/mol. The molecule has 1 aromatic carbocycles. The van der Waals surface area contributed by atoms with Crippen molar-refractivity contribution in [1.82, 2.24) is 19.7 Å². The molecule has 100 valence electrons. The van der Waals surface area contributed by atoms with Gasteiger partial charge < -0.3 is 0 Å². The number of aromatic nitrogens is 4. The van der Waals surface area contributed by atoms with Crippen molar-refractivity contribution in [2.24, 2.45) is 0 Å². The van der Waals surface area contributed by atoms with Crippen molar-refractivity contribution in [3.63, 3.8) is 0 Å². The third-order valence-corrected chi connectivity index (χ3v) is 3.16. The first kappa shape index (κ1) is 12.8. The highest BCUT2D eigenvalue weighted by molar-refractivity contribution is 6.30. The molecule has 0 aliphatic carbocycles. The summed E-state index contributed by atoms with van der Waals surface area (Å²) in [5.74, 6) is 0.495. The molecule has 0 aliphatic heterocycles. The van der Waals surface area contributed by atoms with E-state index < -0.39 is 0 Å². The number of nitrogens with zero attached hydrogens (tertiary/aromatic N) is 4. The minimum Gasteiger partial charge on any atom is -0.216 e. The minimum absolute atomic E-state index is 0.494. The van der Waals surface area contributed by atoms with Gasteiger partial charge in [-0.2, -0.15) is 9.78 Å². The summed E-state index contributed by atoms with van der Waals surface area (Å²) >= 11 is 6.25. The summed E-state index contributed by atoms with van der Waals surface area (Å²) in [6.45, 7) is 3.85. The van der Waals surface area contributed by atoms with Crippen LogP contribution in [-0.2, 0) is 0 Å². The molecule has 2 heterocycles. The van der Waals surface area contributed by atoms with Crippen molar-refractivity contribution in [2.75, 3.05) is 0 Å². The summed E-state index contributed by atoms with van der Waals surface area (Å²) in [5, 5.41) is 4.99. The second-order valence-corrected chi connectivity index (χ2v) is 4.97. The van der Waals surface area contributed by atoms with Gasteiger partial charge in [-0.05, 0) is 19.9 Å². The molecule has 0 fully saturated rings. The molecule has 0 radical (unpaired) electrons. The topological polar surface area (TPSA) is 43.6 Å². The van der Waals surface area contributed by atoms with Crippen LogP contribution in [0.4, 0.5) is 0 Å². The van der Waals surface area contributed by atoms with Gasteiger partial charge in [-0.15, -0.1) is 0 Å². The number of hydrogen-bond donors (Lipinski definition) is 0. The highest BCUT2D eigenvalue weighted by Crippen LogP contribution is 2.23. The zero-order valence-electron chi connectivity index (χ0n) is 11.2. The third-order valence-electron chi connectivity index (χ3n) is 2.90. The van der Waals surface area contributed by atoms with Gasteiger partial charge in [0.2, 0.25) is 0 Å². The van der Waals surface area contributed by atoms with E-state index in [1.54, 1.807) is 4.68 Å². The standard InChI is InChI=1S/C15H13ClN4/c1-10-8-11(2)18-15(17-10)20-14(16)9-13(19-20)12-6-4-3-5-7-12/h3-9H,1-2H3. The van der Waals surface area contributed by atoms with Crippen LogP contribution in [0.1, 0.15) is 11.4 Å². The molecule has 20 heavy (non-hydrogen) atoms. The zero-order chi connectivity index (χ0) is 14.1. The lowest BCUT2D eigenvalue weighted by molar-refractivity contribution is 0.797. The van der Waals surface area contributed by atoms with Crippen LogP contribution < -0.4 is 0 Å². The lowest BCUT2D eigenvalue weighted by Crippen LogP contribution is -2.05. The van der Waals surface area contributed by atoms with Crippen molar-refractivity contribution < 1.29 is 0 Å². The van der Waals surface area contributed by atoms with Gasteiger partial charge >= 0.3 is 0 Å². The Morgan fingerprint density at radius 2 is 1.60 bits per heavy atom. The van der Waals surface area contributed by atoms with E-state index in [4.69, 9.17) is 11.6 Å². The molecule has 0 bridgehead atoms. The van der Waals surface area contributed by atoms with Crippen molar-refractivity contribution in [2.45, 2.75) is 13.8 Å². The molecule has 0 amide bonds. The Labute approximate surface area is 122 Å². The minimum atomic E-state index is 0.494. The zero-order valence-corrected chi connectivity index (χ0v) is 12.0. The van der Waals surface area contributed by atoms with Gasteiger partial charge in [0.1, 0.15) is 5.15 Å². The molecular formula is C15H13ClN4. The number of hydrogen-bond acceptors (Lipinski definition) is 3. The summed E-state index contributed by atoms with van der Waals surface area (Å²) in [7, 11) is 0. The van der Waals surface area contributed by atoms with Gasteiger partial charge in [0, 0.05) is 23.0 Å². The molecule has 0 saturated carbocycles. The van der Waals surface area contributed by atoms with Gasteiger partial charge in [-0.3, -0.25) is 0 Å². The van der Waals surface area contributed by atoms with Gasteiger partial charge in [-0.1, -0.05) is 41.9 Å². The molecule has 0 N–H and O–H groups in total. The van der Waals surface area contributed by atoms with Crippen LogP contribution in [0.2, 0.25) is 5.15 Å². The summed E-state index contributed by atoms with van der Waals surface area (Å²) in [6.07, 6.45) is 0. The van der Waals surface area contributed by atoms with Gasteiger partial charge in [0.25, 0.3) is 5.95 Å². The SMILES string of the molecule is Cc1cc(C)nc(-n2nc(-c3ccccc3)cc2Cl)n1. The Morgan fingerprint density at radius 3 is 2.25 bits per heavy atom. The van der Waals surface area contributed by atoms with Crippen LogP contribution in [0.15, 0.2) is 42.5 Å². The fraction of sp³-hybridized carbons (Fsp3) is 0.133. The molecule has 0 saturated heterocycles. The fourth-order valence-electron chi connectivity index (χ4n) is 2.05. The van der Waals surface area contributed by atoms with Crippen LogP contribution in [0, 0.1) is 13.8 Å². The lowest BCUT2D eigenvalue weighted by atomic mass is 10.2. The third kappa shape index (κ3) is 2.42. The first-order valence-corrected chi connectivity index (χ1v) is 6.65. The maximum Gasteiger partial charge on any atom is 0.252 e.